The van der Waals surface area contributed by atoms with Crippen molar-refractivity contribution in [3.05, 3.63) is 53.3 Å². The molecule has 0 spiro atoms. The summed E-state index contributed by atoms with van der Waals surface area (Å²) in [6, 6.07) is 8.65. The number of methoxy groups -OCH3 is 1. The van der Waals surface area contributed by atoms with Crippen LogP contribution in [-0.4, -0.2) is 33.1 Å². The van der Waals surface area contributed by atoms with E-state index >= 15 is 0 Å². The van der Waals surface area contributed by atoms with Crippen molar-refractivity contribution in [2.24, 2.45) is 0 Å². The number of hydrogen-bond acceptors (Lipinski definition) is 4. The van der Waals surface area contributed by atoms with Crippen molar-refractivity contribution in [3.63, 3.8) is 0 Å². The Hall–Kier alpha value is -2.32. The maximum absolute atomic E-state index is 13.8. The second-order valence-electron chi connectivity index (χ2n) is 4.68. The van der Waals surface area contributed by atoms with Crippen molar-refractivity contribution in [2.75, 3.05) is 18.0 Å². The molecule has 0 fully saturated rings. The van der Waals surface area contributed by atoms with Gasteiger partial charge in [-0.15, -0.1) is 0 Å². The number of rotatable bonds is 6. The lowest BCUT2D eigenvalue weighted by Crippen LogP contribution is -2.35. The molecule has 0 aliphatic carbocycles. The number of nitrogens with zero attached hydrogens (tertiary/aromatic N) is 1. The quantitative estimate of drug-likeness (QED) is 0.841. The monoisotopic (exact) mass is 373 g/mol. The number of ether oxygens (including phenoxy) is 1. The van der Waals surface area contributed by atoms with Crippen molar-refractivity contribution in [1.82, 2.24) is 0 Å². The molecule has 128 valence electrons. The van der Waals surface area contributed by atoms with Crippen molar-refractivity contribution in [3.8, 4) is 5.75 Å². The minimum atomic E-state index is -4.30. The number of carboxylic acid groups (broad SMARTS) is 1. The highest BCUT2D eigenvalue weighted by Crippen LogP contribution is 2.27. The van der Waals surface area contributed by atoms with Crippen LogP contribution in [0.5, 0.6) is 5.75 Å². The molecule has 9 heteroatoms. The van der Waals surface area contributed by atoms with E-state index < -0.39 is 33.3 Å². The van der Waals surface area contributed by atoms with Gasteiger partial charge in [0.25, 0.3) is 10.0 Å². The molecule has 2 aromatic rings. The highest BCUT2D eigenvalue weighted by atomic mass is 35.5. The summed E-state index contributed by atoms with van der Waals surface area (Å²) in [7, 11) is -3.05. The van der Waals surface area contributed by atoms with Crippen molar-refractivity contribution in [1.29, 1.82) is 0 Å². The van der Waals surface area contributed by atoms with E-state index in [2.05, 4.69) is 0 Å². The predicted octanol–water partition coefficient (Wildman–Crippen LogP) is 2.77. The number of anilines is 1. The van der Waals surface area contributed by atoms with Crippen LogP contribution in [0.4, 0.5) is 10.1 Å². The van der Waals surface area contributed by atoms with E-state index in [1.54, 1.807) is 0 Å². The van der Waals surface area contributed by atoms with Crippen LogP contribution in [0, 0.1) is 5.82 Å². The van der Waals surface area contributed by atoms with Gasteiger partial charge >= 0.3 is 5.97 Å². The number of hydrogen-bond donors (Lipinski definition) is 1. The summed E-state index contributed by atoms with van der Waals surface area (Å²) in [6.45, 7) is -0.822. The molecule has 6 nitrogen and oxygen atoms in total. The summed E-state index contributed by atoms with van der Waals surface area (Å²) in [5, 5.41) is 9.38. The van der Waals surface area contributed by atoms with Crippen LogP contribution in [0.1, 0.15) is 0 Å². The Morgan fingerprint density at radius 3 is 2.38 bits per heavy atom. The second kappa shape index (κ2) is 7.06. The van der Waals surface area contributed by atoms with Crippen LogP contribution >= 0.6 is 11.6 Å². The molecule has 0 amide bonds. The van der Waals surface area contributed by atoms with Gasteiger partial charge in [-0.1, -0.05) is 11.6 Å². The zero-order chi connectivity index (χ0) is 17.9. The van der Waals surface area contributed by atoms with Gasteiger partial charge in [-0.05, 0) is 42.5 Å². The van der Waals surface area contributed by atoms with Gasteiger partial charge in [0, 0.05) is 5.02 Å². The highest BCUT2D eigenvalue weighted by Gasteiger charge is 2.28. The molecule has 1 N–H and O–H groups in total. The molecule has 0 saturated heterocycles. The van der Waals surface area contributed by atoms with Gasteiger partial charge in [0.2, 0.25) is 0 Å². The molecule has 2 aromatic carbocycles. The Balaban J connectivity index is 2.53. The first-order valence-corrected chi connectivity index (χ1v) is 8.41. The first-order valence-electron chi connectivity index (χ1n) is 6.59. The summed E-state index contributed by atoms with van der Waals surface area (Å²) in [5.41, 5.74) is 0.0954. The van der Waals surface area contributed by atoms with Crippen LogP contribution in [0.2, 0.25) is 5.02 Å². The minimum absolute atomic E-state index is 0.0954. The maximum atomic E-state index is 13.8. The molecule has 24 heavy (non-hydrogen) atoms. The Morgan fingerprint density at radius 2 is 1.88 bits per heavy atom. The van der Waals surface area contributed by atoms with Gasteiger partial charge in [-0.2, -0.15) is 0 Å². The maximum Gasteiger partial charge on any atom is 0.324 e. The minimum Gasteiger partial charge on any atom is -0.494 e. The largest absolute Gasteiger partial charge is 0.494 e. The predicted molar refractivity (Wildman–Crippen MR) is 86.6 cm³/mol. The topological polar surface area (TPSA) is 83.9 Å². The van der Waals surface area contributed by atoms with E-state index in [0.29, 0.717) is 9.33 Å². The fraction of sp³-hybridized carbons (Fsp3) is 0.133. The summed E-state index contributed by atoms with van der Waals surface area (Å²) < 4.78 is 44.7. The number of halogens is 2. The van der Waals surface area contributed by atoms with E-state index in [1.165, 1.54) is 31.4 Å². The SMILES string of the molecule is COc1ccc(S(=O)(=O)N(CC(=O)O)c2ccc(Cl)cc2)cc1F. The van der Waals surface area contributed by atoms with E-state index in [1.807, 2.05) is 0 Å². The summed E-state index contributed by atoms with van der Waals surface area (Å²) in [6.07, 6.45) is 0. The van der Waals surface area contributed by atoms with Gasteiger partial charge in [0.1, 0.15) is 6.54 Å². The van der Waals surface area contributed by atoms with Crippen LogP contribution in [-0.2, 0) is 14.8 Å². The number of aliphatic carboxylic acids is 1. The number of sulfonamides is 1. The van der Waals surface area contributed by atoms with E-state index in [4.69, 9.17) is 21.4 Å². The fourth-order valence-electron chi connectivity index (χ4n) is 1.98. The molecule has 0 atom stereocenters. The molecule has 2 rings (SSSR count). The smallest absolute Gasteiger partial charge is 0.324 e. The molecular formula is C15H13ClFNO5S. The van der Waals surface area contributed by atoms with E-state index in [9.17, 15) is 17.6 Å². The Morgan fingerprint density at radius 1 is 1.25 bits per heavy atom. The van der Waals surface area contributed by atoms with Gasteiger partial charge in [-0.3, -0.25) is 9.10 Å². The molecule has 0 bridgehead atoms. The third-order valence-corrected chi connectivity index (χ3v) is 5.13. The van der Waals surface area contributed by atoms with Gasteiger partial charge in [0.05, 0.1) is 17.7 Å². The molecule has 0 aliphatic heterocycles. The van der Waals surface area contributed by atoms with Gasteiger partial charge < -0.3 is 9.84 Å². The zero-order valence-electron chi connectivity index (χ0n) is 12.4. The Labute approximate surface area is 143 Å². The first-order chi connectivity index (χ1) is 11.3. The third kappa shape index (κ3) is 3.77. The average Bonchev–Trinajstić information content (AvgIpc) is 2.53. The van der Waals surface area contributed by atoms with Crippen molar-refractivity contribution >= 4 is 33.3 Å². The van der Waals surface area contributed by atoms with Crippen molar-refractivity contribution < 1.29 is 27.4 Å². The summed E-state index contributed by atoms with van der Waals surface area (Å²) in [5.74, 6) is -2.35. The molecule has 0 heterocycles. The number of carbonyl (C=O) groups is 1. The summed E-state index contributed by atoms with van der Waals surface area (Å²) >= 11 is 5.76. The van der Waals surface area contributed by atoms with Crippen LogP contribution < -0.4 is 9.04 Å². The normalized spacial score (nSPS) is 11.1. The average molecular weight is 374 g/mol. The summed E-state index contributed by atoms with van der Waals surface area (Å²) in [4.78, 5) is 10.7. The van der Waals surface area contributed by atoms with Crippen LogP contribution in [0.3, 0.4) is 0 Å². The van der Waals surface area contributed by atoms with Crippen LogP contribution in [0.15, 0.2) is 47.4 Å². The Kier molecular flexibility index (Phi) is 5.30. The standard InChI is InChI=1S/C15H13ClFNO5S/c1-23-14-7-6-12(8-13(14)17)24(21,22)18(9-15(19)20)11-4-2-10(16)3-5-11/h2-8H,9H2,1H3,(H,19,20). The molecular weight excluding hydrogens is 361 g/mol. The lowest BCUT2D eigenvalue weighted by Gasteiger charge is -2.23. The zero-order valence-corrected chi connectivity index (χ0v) is 14.0. The fourth-order valence-corrected chi connectivity index (χ4v) is 3.53. The van der Waals surface area contributed by atoms with Gasteiger partial charge in [-0.25, -0.2) is 12.8 Å². The number of carboxylic acids is 1. The third-order valence-electron chi connectivity index (χ3n) is 3.10. The van der Waals surface area contributed by atoms with E-state index in [0.717, 1.165) is 18.2 Å². The highest BCUT2D eigenvalue weighted by molar-refractivity contribution is 7.92. The second-order valence-corrected chi connectivity index (χ2v) is 6.98. The molecule has 0 unspecified atom stereocenters. The van der Waals surface area contributed by atoms with Crippen molar-refractivity contribution in [2.45, 2.75) is 4.90 Å². The van der Waals surface area contributed by atoms with Crippen LogP contribution in [0.25, 0.3) is 0 Å². The number of benzene rings is 2. The molecule has 0 radical (unpaired) electrons. The Bertz CT molecular complexity index is 855. The van der Waals surface area contributed by atoms with E-state index in [-0.39, 0.29) is 11.4 Å². The molecule has 0 aliphatic rings. The molecule has 0 saturated carbocycles. The lowest BCUT2D eigenvalue weighted by atomic mass is 10.3. The lowest BCUT2D eigenvalue weighted by molar-refractivity contribution is -0.135. The molecule has 0 aromatic heterocycles. The van der Waals surface area contributed by atoms with Gasteiger partial charge in [0.15, 0.2) is 11.6 Å². The first kappa shape index (κ1) is 18.0.